The van der Waals surface area contributed by atoms with Crippen LogP contribution in [0.25, 0.3) is 0 Å². The number of rotatable bonds is 10. The standard InChI is InChI=1S/C19H25ClO8S/c1-13(2)28-18(23)19(11-9-16(21)26-3,12-10-17(22)27-4)29(24,25)15-7-5-14(20)6-8-15/h5-8,13H,9-12H2,1-4H3. The summed E-state index contributed by atoms with van der Waals surface area (Å²) in [6.45, 7) is 3.14. The van der Waals surface area contributed by atoms with E-state index in [9.17, 15) is 22.8 Å². The van der Waals surface area contributed by atoms with Crippen LogP contribution in [-0.4, -0.2) is 51.4 Å². The van der Waals surface area contributed by atoms with Crippen molar-refractivity contribution >= 4 is 39.3 Å². The van der Waals surface area contributed by atoms with Crippen LogP contribution in [0.15, 0.2) is 29.2 Å². The van der Waals surface area contributed by atoms with Gasteiger partial charge in [-0.25, -0.2) is 8.42 Å². The predicted octanol–water partition coefficient (Wildman–Crippen LogP) is 2.71. The van der Waals surface area contributed by atoms with Gasteiger partial charge in [-0.05, 0) is 51.0 Å². The quantitative estimate of drug-likeness (QED) is 0.396. The third-order valence-corrected chi connectivity index (χ3v) is 7.02. The van der Waals surface area contributed by atoms with Crippen LogP contribution >= 0.6 is 11.6 Å². The highest BCUT2D eigenvalue weighted by molar-refractivity contribution is 7.93. The minimum atomic E-state index is -4.38. The fourth-order valence-corrected chi connectivity index (χ4v) is 4.76. The summed E-state index contributed by atoms with van der Waals surface area (Å²) in [6, 6.07) is 5.25. The van der Waals surface area contributed by atoms with Crippen LogP contribution in [-0.2, 0) is 38.4 Å². The molecule has 0 bridgehead atoms. The Kier molecular flexibility index (Phi) is 9.10. The minimum Gasteiger partial charge on any atom is -0.469 e. The monoisotopic (exact) mass is 448 g/mol. The molecule has 29 heavy (non-hydrogen) atoms. The molecule has 10 heteroatoms. The van der Waals surface area contributed by atoms with Gasteiger partial charge < -0.3 is 14.2 Å². The van der Waals surface area contributed by atoms with Gasteiger partial charge in [-0.1, -0.05) is 11.6 Å². The van der Waals surface area contributed by atoms with Crippen LogP contribution in [0.2, 0.25) is 5.02 Å². The third kappa shape index (κ3) is 6.17. The molecular formula is C19H25ClO8S. The molecule has 0 spiro atoms. The van der Waals surface area contributed by atoms with Crippen LogP contribution in [0.4, 0.5) is 0 Å². The molecule has 0 saturated carbocycles. The van der Waals surface area contributed by atoms with Gasteiger partial charge in [0.15, 0.2) is 14.6 Å². The largest absolute Gasteiger partial charge is 0.469 e. The molecule has 0 unspecified atom stereocenters. The first kappa shape index (κ1) is 24.9. The topological polar surface area (TPSA) is 113 Å². The molecule has 1 aromatic rings. The number of hydrogen-bond donors (Lipinski definition) is 0. The number of benzene rings is 1. The van der Waals surface area contributed by atoms with Crippen molar-refractivity contribution in [3.8, 4) is 0 Å². The molecule has 0 aliphatic heterocycles. The number of ether oxygens (including phenoxy) is 3. The van der Waals surface area contributed by atoms with E-state index in [2.05, 4.69) is 9.47 Å². The van der Waals surface area contributed by atoms with Gasteiger partial charge >= 0.3 is 17.9 Å². The van der Waals surface area contributed by atoms with Gasteiger partial charge in [-0.3, -0.25) is 14.4 Å². The van der Waals surface area contributed by atoms with Crippen molar-refractivity contribution in [2.45, 2.75) is 55.3 Å². The number of esters is 3. The van der Waals surface area contributed by atoms with Crippen LogP contribution in [0.1, 0.15) is 39.5 Å². The zero-order valence-corrected chi connectivity index (χ0v) is 18.3. The molecular weight excluding hydrogens is 424 g/mol. The third-order valence-electron chi connectivity index (χ3n) is 4.27. The van der Waals surface area contributed by atoms with Crippen molar-refractivity contribution in [1.82, 2.24) is 0 Å². The van der Waals surface area contributed by atoms with E-state index in [1.807, 2.05) is 0 Å². The maximum Gasteiger partial charge on any atom is 0.328 e. The normalized spacial score (nSPS) is 11.8. The van der Waals surface area contributed by atoms with Crippen molar-refractivity contribution in [2.24, 2.45) is 0 Å². The van der Waals surface area contributed by atoms with E-state index < -0.39 is 51.4 Å². The predicted molar refractivity (Wildman–Crippen MR) is 105 cm³/mol. The van der Waals surface area contributed by atoms with Crippen LogP contribution in [0, 0.1) is 0 Å². The molecule has 162 valence electrons. The lowest BCUT2D eigenvalue weighted by Crippen LogP contribution is -2.49. The molecule has 0 aliphatic carbocycles. The Morgan fingerprint density at radius 1 is 0.966 bits per heavy atom. The Labute approximate surface area is 175 Å². The van der Waals surface area contributed by atoms with Gasteiger partial charge in [0, 0.05) is 17.9 Å². The maximum atomic E-state index is 13.5. The first-order chi connectivity index (χ1) is 13.5. The number of methoxy groups -OCH3 is 2. The second-order valence-electron chi connectivity index (χ2n) is 6.56. The molecule has 0 aromatic heterocycles. The van der Waals surface area contributed by atoms with E-state index >= 15 is 0 Å². The molecule has 0 atom stereocenters. The summed E-state index contributed by atoms with van der Waals surface area (Å²) < 4.78 is 39.3. The molecule has 0 heterocycles. The minimum absolute atomic E-state index is 0.183. The lowest BCUT2D eigenvalue weighted by Gasteiger charge is -2.31. The van der Waals surface area contributed by atoms with Gasteiger partial charge in [-0.2, -0.15) is 0 Å². The number of sulfone groups is 1. The number of carbonyl (C=O) groups is 3. The van der Waals surface area contributed by atoms with Gasteiger partial charge in [0.2, 0.25) is 0 Å². The number of halogens is 1. The van der Waals surface area contributed by atoms with Crippen LogP contribution < -0.4 is 0 Å². The zero-order valence-electron chi connectivity index (χ0n) is 16.8. The van der Waals surface area contributed by atoms with Crippen molar-refractivity contribution < 1.29 is 37.0 Å². The first-order valence-electron chi connectivity index (χ1n) is 8.85. The van der Waals surface area contributed by atoms with Gasteiger partial charge in [-0.15, -0.1) is 0 Å². The highest BCUT2D eigenvalue weighted by atomic mass is 35.5. The van der Waals surface area contributed by atoms with E-state index in [-0.39, 0.29) is 17.7 Å². The molecule has 0 fully saturated rings. The smallest absolute Gasteiger partial charge is 0.328 e. The Balaban J connectivity index is 3.57. The van der Waals surface area contributed by atoms with E-state index in [0.29, 0.717) is 5.02 Å². The fourth-order valence-electron chi connectivity index (χ4n) is 2.68. The molecule has 0 N–H and O–H groups in total. The molecule has 1 rings (SSSR count). The van der Waals surface area contributed by atoms with E-state index in [0.717, 1.165) is 14.2 Å². The van der Waals surface area contributed by atoms with Crippen molar-refractivity contribution in [3.63, 3.8) is 0 Å². The fraction of sp³-hybridized carbons (Fsp3) is 0.526. The number of hydrogen-bond acceptors (Lipinski definition) is 8. The number of carbonyl (C=O) groups excluding carboxylic acids is 3. The maximum absolute atomic E-state index is 13.5. The first-order valence-corrected chi connectivity index (χ1v) is 10.7. The average molecular weight is 449 g/mol. The highest BCUT2D eigenvalue weighted by Gasteiger charge is 2.53. The van der Waals surface area contributed by atoms with Gasteiger partial charge in [0.05, 0.1) is 25.2 Å². The second kappa shape index (κ2) is 10.6. The van der Waals surface area contributed by atoms with E-state index in [1.54, 1.807) is 13.8 Å². The van der Waals surface area contributed by atoms with Crippen LogP contribution in [0.3, 0.4) is 0 Å². The molecule has 0 saturated heterocycles. The summed E-state index contributed by atoms with van der Waals surface area (Å²) in [7, 11) is -2.08. The Hall–Kier alpha value is -2.13. The molecule has 1 aromatic carbocycles. The Morgan fingerprint density at radius 3 is 1.79 bits per heavy atom. The summed E-state index contributed by atoms with van der Waals surface area (Å²) in [5.74, 6) is -2.44. The molecule has 0 radical (unpaired) electrons. The molecule has 0 amide bonds. The second-order valence-corrected chi connectivity index (χ2v) is 9.25. The van der Waals surface area contributed by atoms with Crippen LogP contribution in [0.5, 0.6) is 0 Å². The molecule has 8 nitrogen and oxygen atoms in total. The van der Waals surface area contributed by atoms with E-state index in [4.69, 9.17) is 16.3 Å². The van der Waals surface area contributed by atoms with Crippen molar-refractivity contribution in [1.29, 1.82) is 0 Å². The SMILES string of the molecule is COC(=O)CCC(CCC(=O)OC)(C(=O)OC(C)C)S(=O)(=O)c1ccc(Cl)cc1. The molecule has 0 aliphatic rings. The summed E-state index contributed by atoms with van der Waals surface area (Å²) in [5.41, 5.74) is 0. The lowest BCUT2D eigenvalue weighted by atomic mass is 9.96. The van der Waals surface area contributed by atoms with E-state index in [1.165, 1.54) is 24.3 Å². The summed E-state index contributed by atoms with van der Waals surface area (Å²) >= 11 is 5.84. The highest BCUT2D eigenvalue weighted by Crippen LogP contribution is 2.37. The average Bonchev–Trinajstić information content (AvgIpc) is 2.67. The van der Waals surface area contributed by atoms with Gasteiger partial charge in [0.1, 0.15) is 0 Å². The summed E-state index contributed by atoms with van der Waals surface area (Å²) in [5, 5.41) is 0.309. The summed E-state index contributed by atoms with van der Waals surface area (Å²) in [6.07, 6.45) is -2.19. The lowest BCUT2D eigenvalue weighted by molar-refractivity contribution is -0.152. The van der Waals surface area contributed by atoms with Gasteiger partial charge in [0.25, 0.3) is 0 Å². The van der Waals surface area contributed by atoms with Crippen molar-refractivity contribution in [2.75, 3.05) is 14.2 Å². The Morgan fingerprint density at radius 2 is 1.41 bits per heavy atom. The van der Waals surface area contributed by atoms with Crippen molar-refractivity contribution in [3.05, 3.63) is 29.3 Å². The Bertz CT molecular complexity index is 810. The zero-order chi connectivity index (χ0) is 22.2. The summed E-state index contributed by atoms with van der Waals surface area (Å²) in [4.78, 5) is 36.3.